The van der Waals surface area contributed by atoms with Gasteiger partial charge in [-0.2, -0.15) is 0 Å². The summed E-state index contributed by atoms with van der Waals surface area (Å²) in [7, 11) is 2.24. The van der Waals surface area contributed by atoms with E-state index < -0.39 is 0 Å². The molecule has 5 aromatic rings. The van der Waals surface area contributed by atoms with E-state index in [-0.39, 0.29) is 16.5 Å². The van der Waals surface area contributed by atoms with Gasteiger partial charge in [-0.3, -0.25) is 9.97 Å². The van der Waals surface area contributed by atoms with Crippen molar-refractivity contribution in [2.45, 2.75) is 0 Å². The summed E-state index contributed by atoms with van der Waals surface area (Å²) in [6.07, 6.45) is 1.78. The SMILES string of the molecule is [B]1c2ccccc2-c2ccccc21.[Ni].[c-]1ccccc1-c1cccc(-c2ccccn2)n1. The fourth-order valence-electron chi connectivity index (χ4n) is 3.70. The molecule has 0 amide bonds. The van der Waals surface area contributed by atoms with Crippen molar-refractivity contribution in [3.63, 3.8) is 0 Å². The second-order valence-corrected chi connectivity index (χ2v) is 7.22. The van der Waals surface area contributed by atoms with Gasteiger partial charge < -0.3 is 0 Å². The van der Waals surface area contributed by atoms with E-state index in [2.05, 4.69) is 71.8 Å². The molecule has 0 saturated heterocycles. The fourth-order valence-corrected chi connectivity index (χ4v) is 3.70. The van der Waals surface area contributed by atoms with Crippen LogP contribution in [0.5, 0.6) is 0 Å². The third-order valence-corrected chi connectivity index (χ3v) is 5.18. The van der Waals surface area contributed by atoms with E-state index in [4.69, 9.17) is 0 Å². The second-order valence-electron chi connectivity index (χ2n) is 7.22. The van der Waals surface area contributed by atoms with Crippen LogP contribution < -0.4 is 10.9 Å². The maximum Gasteiger partial charge on any atom is 0.193 e. The van der Waals surface area contributed by atoms with Gasteiger partial charge in [0.2, 0.25) is 0 Å². The quantitative estimate of drug-likeness (QED) is 0.275. The van der Waals surface area contributed by atoms with Crippen molar-refractivity contribution in [1.82, 2.24) is 9.97 Å². The summed E-state index contributed by atoms with van der Waals surface area (Å²) in [6, 6.07) is 39.8. The third-order valence-electron chi connectivity index (χ3n) is 5.18. The molecule has 0 atom stereocenters. The molecule has 0 saturated carbocycles. The number of fused-ring (bicyclic) bond motifs is 3. The molecule has 1 aliphatic heterocycles. The van der Waals surface area contributed by atoms with Crippen LogP contribution in [0.4, 0.5) is 0 Å². The average molecular weight is 453 g/mol. The van der Waals surface area contributed by atoms with Crippen molar-refractivity contribution >= 4 is 18.2 Å². The molecule has 32 heavy (non-hydrogen) atoms. The predicted molar refractivity (Wildman–Crippen MR) is 129 cm³/mol. The molecular formula is C28H19BN2Ni-. The van der Waals surface area contributed by atoms with Crippen LogP contribution in [0.25, 0.3) is 33.8 Å². The maximum atomic E-state index is 4.62. The molecule has 0 bridgehead atoms. The van der Waals surface area contributed by atoms with E-state index in [0.29, 0.717) is 0 Å². The van der Waals surface area contributed by atoms with Crippen molar-refractivity contribution in [2.24, 2.45) is 0 Å². The van der Waals surface area contributed by atoms with E-state index in [0.717, 1.165) is 22.6 Å². The van der Waals surface area contributed by atoms with E-state index in [9.17, 15) is 0 Å². The predicted octanol–water partition coefficient (Wildman–Crippen LogP) is 4.93. The van der Waals surface area contributed by atoms with E-state index in [1.165, 1.54) is 22.1 Å². The van der Waals surface area contributed by atoms with Crippen molar-refractivity contribution in [3.8, 4) is 33.8 Å². The Bertz CT molecular complexity index is 1210. The number of hydrogen-bond acceptors (Lipinski definition) is 2. The molecule has 1 aliphatic rings. The fraction of sp³-hybridized carbons (Fsp3) is 0. The summed E-state index contributed by atoms with van der Waals surface area (Å²) in [5.41, 5.74) is 9.07. The van der Waals surface area contributed by atoms with Crippen LogP contribution in [0.15, 0.2) is 115 Å². The largest absolute Gasteiger partial charge is 0.295 e. The molecule has 2 aromatic heterocycles. The summed E-state index contributed by atoms with van der Waals surface area (Å²) in [5.74, 6) is 0. The first-order chi connectivity index (χ1) is 15.4. The summed E-state index contributed by atoms with van der Waals surface area (Å²) in [5, 5.41) is 0. The molecule has 4 heteroatoms. The number of pyridine rings is 2. The van der Waals surface area contributed by atoms with E-state index in [1.807, 2.05) is 60.7 Å². The first-order valence-electron chi connectivity index (χ1n) is 10.3. The summed E-state index contributed by atoms with van der Waals surface area (Å²) >= 11 is 0. The zero-order valence-electron chi connectivity index (χ0n) is 17.3. The summed E-state index contributed by atoms with van der Waals surface area (Å²) in [6.45, 7) is 0. The Labute approximate surface area is 199 Å². The Morgan fingerprint density at radius 2 is 1.19 bits per heavy atom. The molecule has 155 valence electrons. The van der Waals surface area contributed by atoms with Gasteiger partial charge in [0.25, 0.3) is 0 Å². The molecule has 3 heterocycles. The Kier molecular flexibility index (Phi) is 6.94. The van der Waals surface area contributed by atoms with Gasteiger partial charge >= 0.3 is 0 Å². The minimum atomic E-state index is 0. The Morgan fingerprint density at radius 3 is 1.84 bits per heavy atom. The molecule has 0 N–H and O–H groups in total. The number of hydrogen-bond donors (Lipinski definition) is 0. The number of nitrogens with zero attached hydrogens (tertiary/aromatic N) is 2. The topological polar surface area (TPSA) is 25.8 Å². The molecule has 0 unspecified atom stereocenters. The zero-order chi connectivity index (χ0) is 20.9. The normalized spacial score (nSPS) is 10.5. The van der Waals surface area contributed by atoms with Gasteiger partial charge in [-0.25, -0.2) is 0 Å². The van der Waals surface area contributed by atoms with E-state index in [1.54, 1.807) is 6.20 Å². The Hall–Kier alpha value is -3.48. The van der Waals surface area contributed by atoms with Gasteiger partial charge in [0.15, 0.2) is 7.28 Å². The molecule has 1 radical (unpaired) electrons. The van der Waals surface area contributed by atoms with Gasteiger partial charge in [0.1, 0.15) is 0 Å². The van der Waals surface area contributed by atoms with Crippen molar-refractivity contribution < 1.29 is 16.5 Å². The van der Waals surface area contributed by atoms with Gasteiger partial charge in [-0.1, -0.05) is 77.7 Å². The van der Waals surface area contributed by atoms with Gasteiger partial charge in [-0.05, 0) is 35.0 Å². The molecule has 0 spiro atoms. The van der Waals surface area contributed by atoms with Gasteiger partial charge in [0.05, 0.1) is 11.4 Å². The molecule has 3 aromatic carbocycles. The standard InChI is InChI=1S/C16H11N2.C12H8B.Ni/c1-2-7-13(8-3-1)14-10-6-11-16(18-14)15-9-4-5-12-17-15;1-3-7-11-9(5-1)10-6-2-4-8-12(10)13-11;/h1-7,9-12H;1-8H;/q-1;;. The Morgan fingerprint density at radius 1 is 0.562 bits per heavy atom. The molecule has 6 rings (SSSR count). The third kappa shape index (κ3) is 4.71. The summed E-state index contributed by atoms with van der Waals surface area (Å²) < 4.78 is 0. The molecular weight excluding hydrogens is 434 g/mol. The van der Waals surface area contributed by atoms with Crippen LogP contribution in [-0.2, 0) is 16.5 Å². The van der Waals surface area contributed by atoms with Crippen molar-refractivity contribution in [3.05, 3.63) is 121 Å². The van der Waals surface area contributed by atoms with Crippen LogP contribution in [-0.4, -0.2) is 17.2 Å². The molecule has 2 nitrogen and oxygen atoms in total. The molecule has 0 aliphatic carbocycles. The van der Waals surface area contributed by atoms with Crippen LogP contribution in [0.1, 0.15) is 0 Å². The van der Waals surface area contributed by atoms with Crippen LogP contribution in [0.2, 0.25) is 0 Å². The van der Waals surface area contributed by atoms with Crippen LogP contribution in [0, 0.1) is 6.07 Å². The minimum Gasteiger partial charge on any atom is -0.295 e. The van der Waals surface area contributed by atoms with Gasteiger partial charge in [0, 0.05) is 22.7 Å². The Balaban J connectivity index is 0.000000155. The maximum absolute atomic E-state index is 4.62. The van der Waals surface area contributed by atoms with Crippen LogP contribution in [0.3, 0.4) is 0 Å². The first kappa shape index (κ1) is 21.7. The first-order valence-corrected chi connectivity index (χ1v) is 10.3. The van der Waals surface area contributed by atoms with E-state index >= 15 is 0 Å². The second kappa shape index (κ2) is 10.2. The van der Waals surface area contributed by atoms with Crippen molar-refractivity contribution in [2.75, 3.05) is 0 Å². The number of rotatable bonds is 2. The monoisotopic (exact) mass is 452 g/mol. The minimum absolute atomic E-state index is 0. The number of aromatic nitrogens is 2. The van der Waals surface area contributed by atoms with Gasteiger partial charge in [-0.15, -0.1) is 35.9 Å². The zero-order valence-corrected chi connectivity index (χ0v) is 18.2. The average Bonchev–Trinajstić information content (AvgIpc) is 3.24. The molecule has 0 fully saturated rings. The van der Waals surface area contributed by atoms with Crippen molar-refractivity contribution in [1.29, 1.82) is 0 Å². The summed E-state index contributed by atoms with van der Waals surface area (Å²) in [4.78, 5) is 8.93. The number of benzene rings is 3. The smallest absolute Gasteiger partial charge is 0.193 e. The van der Waals surface area contributed by atoms with Crippen LogP contribution >= 0.6 is 0 Å².